The van der Waals surface area contributed by atoms with Gasteiger partial charge in [0.15, 0.2) is 6.61 Å². The largest absolute Gasteiger partial charge is 0.497 e. The zero-order valence-electron chi connectivity index (χ0n) is 11.4. The van der Waals surface area contributed by atoms with Crippen LogP contribution in [0.2, 0.25) is 0 Å². The standard InChI is InChI=1S/C14H16N2O4/c1-10(17)16-13(9-14(18)20-8-7-15)11-3-5-12(19-2)6-4-11/h3-6,13H,8-9H2,1-2H3,(H,16,17)/t13-/m1/s1. The summed E-state index contributed by atoms with van der Waals surface area (Å²) in [6.45, 7) is 1.07. The lowest BCUT2D eigenvalue weighted by atomic mass is 10.0. The van der Waals surface area contributed by atoms with E-state index >= 15 is 0 Å². The molecule has 106 valence electrons. The first-order valence-electron chi connectivity index (χ1n) is 6.00. The fourth-order valence-corrected chi connectivity index (χ4v) is 1.67. The molecule has 0 fully saturated rings. The Bertz CT molecular complexity index is 505. The minimum Gasteiger partial charge on any atom is -0.497 e. The van der Waals surface area contributed by atoms with Crippen LogP contribution in [-0.4, -0.2) is 25.6 Å². The van der Waals surface area contributed by atoms with Crippen LogP contribution < -0.4 is 10.1 Å². The van der Waals surface area contributed by atoms with Crippen molar-refractivity contribution in [2.45, 2.75) is 19.4 Å². The third-order valence-electron chi connectivity index (χ3n) is 2.56. The minimum atomic E-state index is -0.541. The maximum atomic E-state index is 11.5. The molecule has 1 rings (SSSR count). The van der Waals surface area contributed by atoms with E-state index in [1.165, 1.54) is 6.92 Å². The van der Waals surface area contributed by atoms with Crippen LogP contribution in [-0.2, 0) is 14.3 Å². The topological polar surface area (TPSA) is 88.4 Å². The van der Waals surface area contributed by atoms with Gasteiger partial charge in [0.1, 0.15) is 11.8 Å². The van der Waals surface area contributed by atoms with E-state index in [9.17, 15) is 9.59 Å². The van der Waals surface area contributed by atoms with Gasteiger partial charge in [0.05, 0.1) is 19.6 Å². The summed E-state index contributed by atoms with van der Waals surface area (Å²) in [7, 11) is 1.56. The second-order valence-corrected chi connectivity index (χ2v) is 4.05. The molecule has 6 nitrogen and oxygen atoms in total. The van der Waals surface area contributed by atoms with Crippen molar-refractivity contribution in [1.82, 2.24) is 5.32 Å². The van der Waals surface area contributed by atoms with Crippen LogP contribution in [0.3, 0.4) is 0 Å². The molecule has 1 amide bonds. The molecule has 0 aromatic heterocycles. The first-order valence-corrected chi connectivity index (χ1v) is 6.00. The lowest BCUT2D eigenvalue weighted by molar-refractivity contribution is -0.143. The monoisotopic (exact) mass is 276 g/mol. The highest BCUT2D eigenvalue weighted by molar-refractivity contribution is 5.76. The van der Waals surface area contributed by atoms with Gasteiger partial charge in [-0.15, -0.1) is 0 Å². The maximum absolute atomic E-state index is 11.5. The number of nitrogens with zero attached hydrogens (tertiary/aromatic N) is 1. The number of ether oxygens (including phenoxy) is 2. The Morgan fingerprint density at radius 3 is 2.50 bits per heavy atom. The van der Waals surface area contributed by atoms with Crippen LogP contribution in [0.1, 0.15) is 24.9 Å². The van der Waals surface area contributed by atoms with Crippen molar-refractivity contribution < 1.29 is 19.1 Å². The molecule has 0 unspecified atom stereocenters. The molecule has 0 saturated carbocycles. The quantitative estimate of drug-likeness (QED) is 0.792. The van der Waals surface area contributed by atoms with Crippen molar-refractivity contribution in [2.75, 3.05) is 13.7 Å². The van der Waals surface area contributed by atoms with Crippen LogP contribution in [0.4, 0.5) is 0 Å². The van der Waals surface area contributed by atoms with E-state index < -0.39 is 12.0 Å². The Balaban J connectivity index is 2.79. The molecule has 6 heteroatoms. The fraction of sp³-hybridized carbons (Fsp3) is 0.357. The average molecular weight is 276 g/mol. The second kappa shape index (κ2) is 7.79. The molecule has 0 saturated heterocycles. The molecule has 0 aliphatic heterocycles. The van der Waals surface area contributed by atoms with Crippen LogP contribution >= 0.6 is 0 Å². The SMILES string of the molecule is COc1ccc([C@@H](CC(=O)OCC#N)NC(C)=O)cc1. The molecular weight excluding hydrogens is 260 g/mol. The number of rotatable bonds is 6. The van der Waals surface area contributed by atoms with Crippen molar-refractivity contribution in [3.05, 3.63) is 29.8 Å². The Morgan fingerprint density at radius 2 is 2.00 bits per heavy atom. The Morgan fingerprint density at radius 1 is 1.35 bits per heavy atom. The molecule has 1 aromatic carbocycles. The Kier molecular flexibility index (Phi) is 6.04. The zero-order chi connectivity index (χ0) is 15.0. The number of hydrogen-bond donors (Lipinski definition) is 1. The number of methoxy groups -OCH3 is 1. The van der Waals surface area contributed by atoms with Gasteiger partial charge in [0, 0.05) is 6.92 Å². The number of carbonyl (C=O) groups is 2. The first kappa shape index (κ1) is 15.5. The summed E-state index contributed by atoms with van der Waals surface area (Å²) in [4.78, 5) is 22.7. The van der Waals surface area contributed by atoms with Crippen molar-refractivity contribution in [2.24, 2.45) is 0 Å². The third-order valence-corrected chi connectivity index (χ3v) is 2.56. The molecule has 0 bridgehead atoms. The summed E-state index contributed by atoms with van der Waals surface area (Å²) >= 11 is 0. The lowest BCUT2D eigenvalue weighted by Crippen LogP contribution is -2.28. The Hall–Kier alpha value is -2.55. The van der Waals surface area contributed by atoms with Gasteiger partial charge in [-0.05, 0) is 17.7 Å². The molecule has 0 spiro atoms. The van der Waals surface area contributed by atoms with Gasteiger partial charge in [-0.3, -0.25) is 9.59 Å². The first-order chi connectivity index (χ1) is 9.56. The molecule has 0 aliphatic rings. The maximum Gasteiger partial charge on any atom is 0.309 e. The second-order valence-electron chi connectivity index (χ2n) is 4.05. The minimum absolute atomic E-state index is 0.0341. The van der Waals surface area contributed by atoms with Crippen molar-refractivity contribution in [3.63, 3.8) is 0 Å². The number of benzene rings is 1. The number of esters is 1. The van der Waals surface area contributed by atoms with E-state index in [-0.39, 0.29) is 18.9 Å². The van der Waals surface area contributed by atoms with E-state index in [0.29, 0.717) is 5.75 Å². The number of amides is 1. The summed E-state index contributed by atoms with van der Waals surface area (Å²) < 4.78 is 9.74. The van der Waals surface area contributed by atoms with Gasteiger partial charge in [-0.2, -0.15) is 5.26 Å². The molecule has 1 aromatic rings. The summed E-state index contributed by atoms with van der Waals surface area (Å²) in [5.41, 5.74) is 0.759. The summed E-state index contributed by atoms with van der Waals surface area (Å²) in [6, 6.07) is 8.23. The number of nitrogens with one attached hydrogen (secondary N) is 1. The van der Waals surface area contributed by atoms with Crippen LogP contribution in [0.5, 0.6) is 5.75 Å². The van der Waals surface area contributed by atoms with Crippen molar-refractivity contribution in [1.29, 1.82) is 5.26 Å². The van der Waals surface area contributed by atoms with Crippen LogP contribution in [0.15, 0.2) is 24.3 Å². The number of hydrogen-bond acceptors (Lipinski definition) is 5. The molecule has 1 atom stereocenters. The molecule has 1 N–H and O–H groups in total. The fourth-order valence-electron chi connectivity index (χ4n) is 1.67. The van der Waals surface area contributed by atoms with E-state index in [4.69, 9.17) is 14.7 Å². The predicted molar refractivity (Wildman–Crippen MR) is 70.7 cm³/mol. The van der Waals surface area contributed by atoms with E-state index in [2.05, 4.69) is 5.32 Å². The molecule has 0 aliphatic carbocycles. The van der Waals surface area contributed by atoms with Crippen molar-refractivity contribution >= 4 is 11.9 Å². The van der Waals surface area contributed by atoms with Crippen LogP contribution in [0, 0.1) is 11.3 Å². The van der Waals surface area contributed by atoms with Gasteiger partial charge in [0.2, 0.25) is 5.91 Å². The van der Waals surface area contributed by atoms with E-state index in [1.54, 1.807) is 37.4 Å². The predicted octanol–water partition coefficient (Wildman–Crippen LogP) is 1.33. The van der Waals surface area contributed by atoms with Gasteiger partial charge < -0.3 is 14.8 Å². The van der Waals surface area contributed by atoms with E-state index in [0.717, 1.165) is 5.56 Å². The molecule has 0 radical (unpaired) electrons. The third kappa shape index (κ3) is 4.98. The van der Waals surface area contributed by atoms with Gasteiger partial charge in [-0.25, -0.2) is 0 Å². The highest BCUT2D eigenvalue weighted by Crippen LogP contribution is 2.20. The molecule has 20 heavy (non-hydrogen) atoms. The van der Waals surface area contributed by atoms with Gasteiger partial charge in [-0.1, -0.05) is 12.1 Å². The highest BCUT2D eigenvalue weighted by atomic mass is 16.5. The zero-order valence-corrected chi connectivity index (χ0v) is 11.4. The summed E-state index contributed by atoms with van der Waals surface area (Å²) in [5.74, 6) is -0.109. The normalized spacial score (nSPS) is 11.1. The summed E-state index contributed by atoms with van der Waals surface area (Å²) in [5, 5.41) is 11.0. The van der Waals surface area contributed by atoms with E-state index in [1.807, 2.05) is 0 Å². The number of nitriles is 1. The summed E-state index contributed by atoms with van der Waals surface area (Å²) in [6.07, 6.45) is -0.0341. The van der Waals surface area contributed by atoms with Gasteiger partial charge in [0.25, 0.3) is 0 Å². The molecular formula is C14H16N2O4. The van der Waals surface area contributed by atoms with Gasteiger partial charge >= 0.3 is 5.97 Å². The van der Waals surface area contributed by atoms with Crippen molar-refractivity contribution in [3.8, 4) is 11.8 Å². The molecule has 0 heterocycles. The Labute approximate surface area is 117 Å². The van der Waals surface area contributed by atoms with Crippen LogP contribution in [0.25, 0.3) is 0 Å². The smallest absolute Gasteiger partial charge is 0.309 e. The highest BCUT2D eigenvalue weighted by Gasteiger charge is 2.18. The lowest BCUT2D eigenvalue weighted by Gasteiger charge is -2.17. The number of carbonyl (C=O) groups excluding carboxylic acids is 2. The average Bonchev–Trinajstić information content (AvgIpc) is 2.44.